The Bertz CT molecular complexity index is 1110. The first kappa shape index (κ1) is 19.5. The van der Waals surface area contributed by atoms with E-state index in [1.165, 1.54) is 13.3 Å². The first-order chi connectivity index (χ1) is 14.0. The number of methoxy groups -OCH3 is 1. The molecule has 29 heavy (non-hydrogen) atoms. The second-order valence-electron chi connectivity index (χ2n) is 7.14. The summed E-state index contributed by atoms with van der Waals surface area (Å²) < 4.78 is 6.65. The van der Waals surface area contributed by atoms with Gasteiger partial charge in [0.1, 0.15) is 5.02 Å². The number of nitrogens with zero attached hydrogens (tertiary/aromatic N) is 3. The molecule has 1 atom stereocenters. The van der Waals surface area contributed by atoms with E-state index in [4.69, 9.17) is 16.3 Å². The van der Waals surface area contributed by atoms with E-state index in [1.807, 2.05) is 18.2 Å². The van der Waals surface area contributed by atoms with Gasteiger partial charge in [-0.1, -0.05) is 11.6 Å². The molecular weight excluding hydrogens is 394 g/mol. The summed E-state index contributed by atoms with van der Waals surface area (Å²) in [5.41, 5.74) is 2.11. The lowest BCUT2D eigenvalue weighted by molar-refractivity contribution is 0.263. The Morgan fingerprint density at radius 1 is 1.38 bits per heavy atom. The molecule has 1 fully saturated rings. The van der Waals surface area contributed by atoms with E-state index in [-0.39, 0.29) is 24.2 Å². The van der Waals surface area contributed by atoms with Gasteiger partial charge in [0.05, 0.1) is 31.5 Å². The monoisotopic (exact) mass is 415 g/mol. The topological polar surface area (TPSA) is 101 Å². The Labute approximate surface area is 172 Å². The number of nitrogens with one attached hydrogen (secondary N) is 2. The lowest BCUT2D eigenvalue weighted by atomic mass is 10.1. The number of hydrogen-bond acceptors (Lipinski definition) is 7. The summed E-state index contributed by atoms with van der Waals surface area (Å²) in [4.78, 5) is 20.6. The highest BCUT2D eigenvalue weighted by Crippen LogP contribution is 2.35. The van der Waals surface area contributed by atoms with Crippen LogP contribution < -0.4 is 20.9 Å². The molecule has 9 heteroatoms. The number of aliphatic hydroxyl groups excluding tert-OH is 1. The van der Waals surface area contributed by atoms with Gasteiger partial charge in [0.25, 0.3) is 5.56 Å². The van der Waals surface area contributed by atoms with Gasteiger partial charge in [-0.25, -0.2) is 4.98 Å². The highest BCUT2D eigenvalue weighted by molar-refractivity contribution is 6.32. The Hall–Kier alpha value is -2.84. The highest BCUT2D eigenvalue weighted by atomic mass is 35.5. The maximum absolute atomic E-state index is 12.4. The van der Waals surface area contributed by atoms with Crippen molar-refractivity contribution in [3.05, 3.63) is 45.8 Å². The molecule has 0 saturated heterocycles. The van der Waals surface area contributed by atoms with E-state index >= 15 is 0 Å². The lowest BCUT2D eigenvalue weighted by Gasteiger charge is -2.20. The van der Waals surface area contributed by atoms with Crippen LogP contribution in [0.2, 0.25) is 5.02 Å². The molecular formula is C20H22ClN5O3. The molecule has 1 aliphatic rings. The molecule has 8 nitrogen and oxygen atoms in total. The van der Waals surface area contributed by atoms with Crippen LogP contribution in [0.15, 0.2) is 35.3 Å². The average Bonchev–Trinajstić information content (AvgIpc) is 3.56. The van der Waals surface area contributed by atoms with Crippen LogP contribution in [-0.4, -0.2) is 39.4 Å². The summed E-state index contributed by atoms with van der Waals surface area (Å²) in [5, 5.41) is 17.5. The number of hydrogen-bond donors (Lipinski definition) is 3. The maximum atomic E-state index is 12.4. The summed E-state index contributed by atoms with van der Waals surface area (Å²) in [6, 6.07) is 7.34. The standard InChI is InChI=1S/C20H22ClN5O3/c1-26-17-6-5-12(23-19-14(21)9-22-20(25-19)29-2)7-13(17)15(8-18(26)28)24-16(10-27)11-3-4-11/h5-9,11,16,24,27H,3-4,10H2,1-2H3,(H,22,23,25)/t16-/m1/s1. The van der Waals surface area contributed by atoms with Crippen LogP contribution in [0.1, 0.15) is 12.8 Å². The fourth-order valence-electron chi connectivity index (χ4n) is 3.34. The van der Waals surface area contributed by atoms with Crippen LogP contribution in [-0.2, 0) is 7.05 Å². The van der Waals surface area contributed by atoms with Crippen molar-refractivity contribution in [1.29, 1.82) is 0 Å². The summed E-state index contributed by atoms with van der Waals surface area (Å²) >= 11 is 6.20. The third-order valence-electron chi connectivity index (χ3n) is 5.14. The molecule has 152 valence electrons. The second-order valence-corrected chi connectivity index (χ2v) is 7.54. The smallest absolute Gasteiger partial charge is 0.318 e. The third-order valence-corrected chi connectivity index (χ3v) is 5.42. The number of benzene rings is 1. The molecule has 4 rings (SSSR count). The average molecular weight is 416 g/mol. The largest absolute Gasteiger partial charge is 0.467 e. The van der Waals surface area contributed by atoms with Gasteiger partial charge in [-0.15, -0.1) is 0 Å². The van der Waals surface area contributed by atoms with Crippen molar-refractivity contribution >= 4 is 39.7 Å². The van der Waals surface area contributed by atoms with Gasteiger partial charge in [-0.05, 0) is 37.0 Å². The van der Waals surface area contributed by atoms with Crippen LogP contribution in [0.25, 0.3) is 10.9 Å². The van der Waals surface area contributed by atoms with Crippen LogP contribution in [0.3, 0.4) is 0 Å². The van der Waals surface area contributed by atoms with Gasteiger partial charge in [-0.3, -0.25) is 4.79 Å². The van der Waals surface area contributed by atoms with E-state index in [0.29, 0.717) is 22.4 Å². The highest BCUT2D eigenvalue weighted by Gasteiger charge is 2.31. The number of fused-ring (bicyclic) bond motifs is 1. The second kappa shape index (κ2) is 7.88. The molecule has 0 amide bonds. The SMILES string of the molecule is COc1ncc(Cl)c(Nc2ccc3c(c2)c(N[C@H](CO)C2CC2)cc(=O)n3C)n1. The number of pyridine rings is 1. The van der Waals surface area contributed by atoms with Crippen molar-refractivity contribution in [2.75, 3.05) is 24.4 Å². The molecule has 3 aromatic rings. The minimum atomic E-state index is -0.114. The van der Waals surface area contributed by atoms with Crippen LogP contribution in [0.4, 0.5) is 17.2 Å². The fraction of sp³-hybridized carbons (Fsp3) is 0.350. The maximum Gasteiger partial charge on any atom is 0.318 e. The van der Waals surface area contributed by atoms with E-state index < -0.39 is 0 Å². The lowest BCUT2D eigenvalue weighted by Crippen LogP contribution is -2.27. The third kappa shape index (κ3) is 3.99. The normalized spacial score (nSPS) is 14.6. The van der Waals surface area contributed by atoms with Crippen molar-refractivity contribution in [2.24, 2.45) is 13.0 Å². The molecule has 2 aromatic heterocycles. The van der Waals surface area contributed by atoms with Crippen LogP contribution in [0.5, 0.6) is 6.01 Å². The zero-order valence-corrected chi connectivity index (χ0v) is 16.9. The molecule has 1 saturated carbocycles. The van der Waals surface area contributed by atoms with Crippen molar-refractivity contribution in [3.63, 3.8) is 0 Å². The number of ether oxygens (including phenoxy) is 1. The van der Waals surface area contributed by atoms with Crippen LogP contribution in [0, 0.1) is 5.92 Å². The Balaban J connectivity index is 1.74. The van der Waals surface area contributed by atoms with E-state index in [9.17, 15) is 9.90 Å². The van der Waals surface area contributed by atoms with E-state index in [0.717, 1.165) is 29.4 Å². The minimum Gasteiger partial charge on any atom is -0.467 e. The fourth-order valence-corrected chi connectivity index (χ4v) is 3.48. The Morgan fingerprint density at radius 3 is 2.86 bits per heavy atom. The summed E-state index contributed by atoms with van der Waals surface area (Å²) in [5.74, 6) is 0.858. The predicted molar refractivity (Wildman–Crippen MR) is 113 cm³/mol. The number of aromatic nitrogens is 3. The van der Waals surface area contributed by atoms with Crippen molar-refractivity contribution < 1.29 is 9.84 Å². The first-order valence-corrected chi connectivity index (χ1v) is 9.72. The number of aryl methyl sites for hydroxylation is 1. The van der Waals surface area contributed by atoms with Gasteiger partial charge in [-0.2, -0.15) is 4.98 Å². The number of rotatable bonds is 7. The molecule has 3 N–H and O–H groups in total. The molecule has 0 radical (unpaired) electrons. The van der Waals surface area contributed by atoms with Crippen molar-refractivity contribution in [3.8, 4) is 6.01 Å². The zero-order valence-electron chi connectivity index (χ0n) is 16.1. The number of anilines is 3. The van der Waals surface area contributed by atoms with Gasteiger partial charge in [0.2, 0.25) is 0 Å². The summed E-state index contributed by atoms with van der Waals surface area (Å²) in [6.07, 6.45) is 3.64. The zero-order chi connectivity index (χ0) is 20.5. The molecule has 0 unspecified atom stereocenters. The Kier molecular flexibility index (Phi) is 5.29. The Morgan fingerprint density at radius 2 is 2.17 bits per heavy atom. The molecule has 1 aromatic carbocycles. The molecule has 0 bridgehead atoms. The number of halogens is 1. The van der Waals surface area contributed by atoms with Gasteiger partial charge < -0.3 is 25.0 Å². The van der Waals surface area contributed by atoms with Gasteiger partial charge >= 0.3 is 6.01 Å². The molecule has 2 heterocycles. The number of aliphatic hydroxyl groups is 1. The quantitative estimate of drug-likeness (QED) is 0.545. The van der Waals surface area contributed by atoms with E-state index in [1.54, 1.807) is 17.7 Å². The van der Waals surface area contributed by atoms with Crippen LogP contribution >= 0.6 is 11.6 Å². The molecule has 1 aliphatic carbocycles. The molecule has 0 aliphatic heterocycles. The first-order valence-electron chi connectivity index (χ1n) is 9.35. The minimum absolute atomic E-state index is 0.0235. The van der Waals surface area contributed by atoms with Gasteiger partial charge in [0, 0.05) is 29.9 Å². The van der Waals surface area contributed by atoms with E-state index in [2.05, 4.69) is 20.6 Å². The molecule has 0 spiro atoms. The summed E-state index contributed by atoms with van der Waals surface area (Å²) in [6.45, 7) is 0.0235. The van der Waals surface area contributed by atoms with Gasteiger partial charge in [0.15, 0.2) is 5.82 Å². The predicted octanol–water partition coefficient (Wildman–Crippen LogP) is 2.92. The summed E-state index contributed by atoms with van der Waals surface area (Å²) in [7, 11) is 3.22. The van der Waals surface area contributed by atoms with Crippen molar-refractivity contribution in [2.45, 2.75) is 18.9 Å². The van der Waals surface area contributed by atoms with Crippen molar-refractivity contribution in [1.82, 2.24) is 14.5 Å².